The van der Waals surface area contributed by atoms with Gasteiger partial charge in [-0.3, -0.25) is 9.59 Å². The Bertz CT molecular complexity index is 1070. The summed E-state index contributed by atoms with van der Waals surface area (Å²) in [5.41, 5.74) is -1.26. The van der Waals surface area contributed by atoms with Crippen LogP contribution >= 0.6 is 11.3 Å². The fourth-order valence-corrected chi connectivity index (χ4v) is 4.61. The van der Waals surface area contributed by atoms with E-state index in [4.69, 9.17) is 18.9 Å². The molecule has 0 saturated heterocycles. The number of thiophene rings is 1. The van der Waals surface area contributed by atoms with Gasteiger partial charge in [-0.1, -0.05) is 19.9 Å². The summed E-state index contributed by atoms with van der Waals surface area (Å²) in [5, 5.41) is 14.2. The van der Waals surface area contributed by atoms with E-state index >= 15 is 0 Å². The van der Waals surface area contributed by atoms with Gasteiger partial charge in [0.1, 0.15) is 18.5 Å². The third-order valence-corrected chi connectivity index (χ3v) is 6.41. The second-order valence-electron chi connectivity index (χ2n) is 8.42. The molecule has 3 rings (SSSR count). The van der Waals surface area contributed by atoms with Crippen molar-refractivity contribution < 1.29 is 38.4 Å². The number of benzene rings is 1. The van der Waals surface area contributed by atoms with Gasteiger partial charge in [0, 0.05) is 30.0 Å². The summed E-state index contributed by atoms with van der Waals surface area (Å²) in [7, 11) is 0. The van der Waals surface area contributed by atoms with Crippen LogP contribution in [0, 0.1) is 0 Å². The Labute approximate surface area is 208 Å². The van der Waals surface area contributed by atoms with Gasteiger partial charge in [-0.25, -0.2) is 4.79 Å². The van der Waals surface area contributed by atoms with Crippen molar-refractivity contribution >= 4 is 39.3 Å². The molecular formula is C26H32O8S. The quantitative estimate of drug-likeness (QED) is 0.354. The molecule has 2 aromatic rings. The number of hydrogen-bond donors (Lipinski definition) is 1. The first-order chi connectivity index (χ1) is 16.8. The molecule has 0 bridgehead atoms. The maximum atomic E-state index is 12.6. The Morgan fingerprint density at radius 1 is 1.06 bits per heavy atom. The van der Waals surface area contributed by atoms with E-state index in [9.17, 15) is 19.5 Å². The number of carbonyl (C=O) groups is 3. The fourth-order valence-electron chi connectivity index (χ4n) is 3.84. The molecule has 3 atom stereocenters. The van der Waals surface area contributed by atoms with Crippen molar-refractivity contribution in [3.63, 3.8) is 0 Å². The summed E-state index contributed by atoms with van der Waals surface area (Å²) in [4.78, 5) is 37.4. The van der Waals surface area contributed by atoms with E-state index in [1.54, 1.807) is 18.3 Å². The van der Waals surface area contributed by atoms with E-state index in [0.717, 1.165) is 15.6 Å². The molecule has 0 fully saturated rings. The van der Waals surface area contributed by atoms with Crippen molar-refractivity contribution in [3.8, 4) is 0 Å². The predicted octanol–water partition coefficient (Wildman–Crippen LogP) is 4.42. The highest BCUT2D eigenvalue weighted by Crippen LogP contribution is 2.34. The average molecular weight is 505 g/mol. The molecule has 1 N–H and O–H groups in total. The minimum Gasteiger partial charge on any atom is -0.489 e. The molecule has 0 saturated carbocycles. The normalized spacial score (nSPS) is 21.8. The van der Waals surface area contributed by atoms with Crippen LogP contribution < -0.4 is 0 Å². The molecule has 1 heterocycles. The third kappa shape index (κ3) is 6.82. The summed E-state index contributed by atoms with van der Waals surface area (Å²) in [6.07, 6.45) is 0.0950. The van der Waals surface area contributed by atoms with Crippen LogP contribution in [0.1, 0.15) is 58.4 Å². The first-order valence-corrected chi connectivity index (χ1v) is 12.8. The highest BCUT2D eigenvalue weighted by atomic mass is 32.1. The molecule has 1 aliphatic rings. The van der Waals surface area contributed by atoms with Crippen molar-refractivity contribution in [2.75, 3.05) is 6.61 Å². The van der Waals surface area contributed by atoms with Gasteiger partial charge >= 0.3 is 17.9 Å². The lowest BCUT2D eigenvalue weighted by atomic mass is 9.86. The smallest absolute Gasteiger partial charge is 0.342 e. The van der Waals surface area contributed by atoms with Crippen LogP contribution in [0.5, 0.6) is 0 Å². The monoisotopic (exact) mass is 504 g/mol. The first kappa shape index (κ1) is 26.7. The second-order valence-corrected chi connectivity index (χ2v) is 9.36. The Balaban J connectivity index is 1.93. The summed E-state index contributed by atoms with van der Waals surface area (Å²) < 4.78 is 23.4. The standard InChI is InChI=1S/C26H32O8S/c1-4-7-22(27)33-20-15-26(30,25(29)31-6-3)14-19(24(20)34-23(28)8-5-2)32-16-17-9-10-21-18(13-17)11-12-35-21/h9-14,20,24,30H,4-8,15-16H2,1-3H3/t20-,24-,26+/m1/s1. The molecule has 0 radical (unpaired) electrons. The lowest BCUT2D eigenvalue weighted by Gasteiger charge is -2.37. The molecular weight excluding hydrogens is 472 g/mol. The summed E-state index contributed by atoms with van der Waals surface area (Å²) >= 11 is 1.63. The van der Waals surface area contributed by atoms with Crippen LogP contribution in [-0.4, -0.2) is 47.4 Å². The van der Waals surface area contributed by atoms with Crippen molar-refractivity contribution in [2.45, 2.75) is 77.3 Å². The van der Waals surface area contributed by atoms with Gasteiger partial charge in [0.25, 0.3) is 0 Å². The molecule has 0 amide bonds. The lowest BCUT2D eigenvalue weighted by Crippen LogP contribution is -2.51. The molecule has 35 heavy (non-hydrogen) atoms. The molecule has 190 valence electrons. The Morgan fingerprint density at radius 3 is 2.46 bits per heavy atom. The van der Waals surface area contributed by atoms with Crippen molar-refractivity contribution in [1.82, 2.24) is 0 Å². The van der Waals surface area contributed by atoms with E-state index < -0.39 is 35.7 Å². The average Bonchev–Trinajstić information content (AvgIpc) is 3.28. The zero-order valence-corrected chi connectivity index (χ0v) is 21.1. The van der Waals surface area contributed by atoms with Gasteiger partial charge in [-0.2, -0.15) is 0 Å². The zero-order chi connectivity index (χ0) is 25.4. The SMILES string of the molecule is CCCC(=O)O[C@@H]1C(OCc2ccc3sccc3c2)=C[C@@](O)(C(=O)OCC)C[C@H]1OC(=O)CCC. The maximum Gasteiger partial charge on any atom is 0.342 e. The van der Waals surface area contributed by atoms with E-state index in [0.29, 0.717) is 12.8 Å². The minimum atomic E-state index is -2.10. The largest absolute Gasteiger partial charge is 0.489 e. The van der Waals surface area contributed by atoms with Crippen LogP contribution in [-0.2, 0) is 39.9 Å². The molecule has 1 aromatic heterocycles. The van der Waals surface area contributed by atoms with E-state index in [2.05, 4.69) is 0 Å². The number of esters is 3. The van der Waals surface area contributed by atoms with Gasteiger partial charge in [0.15, 0.2) is 11.7 Å². The van der Waals surface area contributed by atoms with E-state index in [1.165, 1.54) is 6.08 Å². The molecule has 1 aliphatic carbocycles. The van der Waals surface area contributed by atoms with Gasteiger partial charge in [-0.15, -0.1) is 11.3 Å². The third-order valence-electron chi connectivity index (χ3n) is 5.51. The van der Waals surface area contributed by atoms with Crippen LogP contribution in [0.2, 0.25) is 0 Å². The molecule has 9 heteroatoms. The molecule has 0 spiro atoms. The number of hydrogen-bond acceptors (Lipinski definition) is 9. The fraction of sp³-hybridized carbons (Fsp3) is 0.500. The number of carbonyl (C=O) groups excluding carboxylic acids is 3. The van der Waals surface area contributed by atoms with Gasteiger partial charge in [-0.05, 0) is 54.3 Å². The van der Waals surface area contributed by atoms with Gasteiger partial charge in [0.2, 0.25) is 0 Å². The Hall–Kier alpha value is -2.91. The number of rotatable bonds is 11. The highest BCUT2D eigenvalue weighted by Gasteiger charge is 2.49. The minimum absolute atomic E-state index is 0.0379. The van der Waals surface area contributed by atoms with Crippen molar-refractivity contribution in [3.05, 3.63) is 47.0 Å². The van der Waals surface area contributed by atoms with Gasteiger partial charge < -0.3 is 24.1 Å². The zero-order valence-electron chi connectivity index (χ0n) is 20.3. The highest BCUT2D eigenvalue weighted by molar-refractivity contribution is 7.17. The first-order valence-electron chi connectivity index (χ1n) is 11.9. The Kier molecular flexibility index (Phi) is 9.28. The van der Waals surface area contributed by atoms with Crippen molar-refractivity contribution in [2.24, 2.45) is 0 Å². The lowest BCUT2D eigenvalue weighted by molar-refractivity contribution is -0.182. The number of fused-ring (bicyclic) bond motifs is 1. The van der Waals surface area contributed by atoms with Crippen LogP contribution in [0.25, 0.3) is 10.1 Å². The van der Waals surface area contributed by atoms with E-state index in [-0.39, 0.29) is 38.2 Å². The number of aliphatic hydroxyl groups is 1. The molecule has 0 unspecified atom stereocenters. The molecule has 0 aliphatic heterocycles. The van der Waals surface area contributed by atoms with Crippen LogP contribution in [0.3, 0.4) is 0 Å². The summed E-state index contributed by atoms with van der Waals surface area (Å²) in [6, 6.07) is 7.87. The van der Waals surface area contributed by atoms with E-state index in [1.807, 2.05) is 43.5 Å². The van der Waals surface area contributed by atoms with Crippen molar-refractivity contribution in [1.29, 1.82) is 0 Å². The molecule has 8 nitrogen and oxygen atoms in total. The number of ether oxygens (including phenoxy) is 4. The van der Waals surface area contributed by atoms with Crippen LogP contribution in [0.15, 0.2) is 41.5 Å². The topological polar surface area (TPSA) is 108 Å². The Morgan fingerprint density at radius 2 is 1.77 bits per heavy atom. The second kappa shape index (κ2) is 12.2. The van der Waals surface area contributed by atoms with Gasteiger partial charge in [0.05, 0.1) is 6.61 Å². The molecule has 1 aromatic carbocycles. The summed E-state index contributed by atoms with van der Waals surface area (Å²) in [5.74, 6) is -1.87. The predicted molar refractivity (Wildman–Crippen MR) is 130 cm³/mol. The maximum absolute atomic E-state index is 12.6. The summed E-state index contributed by atoms with van der Waals surface area (Å²) in [6.45, 7) is 5.44. The van der Waals surface area contributed by atoms with Crippen LogP contribution in [0.4, 0.5) is 0 Å².